The fourth-order valence-electron chi connectivity index (χ4n) is 4.34. The zero-order valence-electron chi connectivity index (χ0n) is 18.0. The Kier molecular flexibility index (Phi) is 3.95. The highest BCUT2D eigenvalue weighted by molar-refractivity contribution is 7.91. The fourth-order valence-corrected chi connectivity index (χ4v) is 5.54. The molecule has 174 valence electrons. The van der Waals surface area contributed by atoms with Gasteiger partial charge >= 0.3 is 6.29 Å². The number of nitriles is 1. The molecule has 4 heterocycles. The van der Waals surface area contributed by atoms with E-state index < -0.39 is 21.5 Å². The Morgan fingerprint density at radius 1 is 1.18 bits per heavy atom. The normalized spacial score (nSPS) is 17.9. The molecule has 4 aromatic rings. The third-order valence-electron chi connectivity index (χ3n) is 6.41. The summed E-state index contributed by atoms with van der Waals surface area (Å²) < 4.78 is 65.2. The molecular formula is C22H17F2N5O4S. The van der Waals surface area contributed by atoms with Gasteiger partial charge in [0.05, 0.1) is 33.8 Å². The third kappa shape index (κ3) is 2.83. The molecule has 3 aromatic heterocycles. The average Bonchev–Trinajstić information content (AvgIpc) is 3.28. The second-order valence-electron chi connectivity index (χ2n) is 8.47. The number of pyridine rings is 1. The van der Waals surface area contributed by atoms with Crippen LogP contribution in [-0.2, 0) is 22.3 Å². The van der Waals surface area contributed by atoms with E-state index in [1.807, 2.05) is 0 Å². The van der Waals surface area contributed by atoms with Crippen LogP contribution in [0.2, 0.25) is 0 Å². The van der Waals surface area contributed by atoms with Gasteiger partial charge in [0.15, 0.2) is 27.2 Å². The van der Waals surface area contributed by atoms with Crippen molar-refractivity contribution in [1.29, 1.82) is 5.26 Å². The molecule has 34 heavy (non-hydrogen) atoms. The first-order chi connectivity index (χ1) is 16.1. The number of benzene rings is 1. The number of imidazole rings is 1. The summed E-state index contributed by atoms with van der Waals surface area (Å²) in [6.45, 7) is 1.54. The van der Waals surface area contributed by atoms with Gasteiger partial charge in [-0.15, -0.1) is 8.78 Å². The summed E-state index contributed by atoms with van der Waals surface area (Å²) in [5.74, 6) is -0.210. The molecule has 0 unspecified atom stereocenters. The summed E-state index contributed by atoms with van der Waals surface area (Å²) in [7, 11) is -2.09. The van der Waals surface area contributed by atoms with Crippen LogP contribution in [0.4, 0.5) is 8.78 Å². The number of hydrogen-bond donors (Lipinski definition) is 0. The maximum atomic E-state index is 13.5. The number of fused-ring (bicyclic) bond motifs is 3. The van der Waals surface area contributed by atoms with E-state index in [9.17, 15) is 22.5 Å². The number of aromatic nitrogens is 4. The molecule has 12 heteroatoms. The molecular weight excluding hydrogens is 468 g/mol. The largest absolute Gasteiger partial charge is 0.586 e. The first-order valence-electron chi connectivity index (χ1n) is 10.5. The van der Waals surface area contributed by atoms with E-state index in [1.165, 1.54) is 16.6 Å². The van der Waals surface area contributed by atoms with Crippen molar-refractivity contribution < 1.29 is 26.7 Å². The van der Waals surface area contributed by atoms with Gasteiger partial charge in [-0.05, 0) is 24.5 Å². The quantitative estimate of drug-likeness (QED) is 0.435. The van der Waals surface area contributed by atoms with Gasteiger partial charge in [-0.1, -0.05) is 13.0 Å². The summed E-state index contributed by atoms with van der Waals surface area (Å²) in [5, 5.41) is 14.1. The number of aryl methyl sites for hydroxylation is 1. The van der Waals surface area contributed by atoms with Gasteiger partial charge in [-0.3, -0.25) is 0 Å². The van der Waals surface area contributed by atoms with Crippen LogP contribution in [0.15, 0.2) is 35.4 Å². The average molecular weight is 485 g/mol. The lowest BCUT2D eigenvalue weighted by molar-refractivity contribution is -0.286. The molecule has 0 spiro atoms. The number of hydrogen-bond acceptors (Lipinski definition) is 7. The van der Waals surface area contributed by atoms with Crippen molar-refractivity contribution in [3.63, 3.8) is 0 Å². The van der Waals surface area contributed by atoms with Crippen molar-refractivity contribution in [1.82, 2.24) is 19.2 Å². The standard InChI is InChI=1S/C22H17F2N5O4S/c1-3-34(30,31)19-14-5-4-12(21(11-25)6-7-21)10-29(14)27-18(19)20-26-13-8-16-17(9-15(13)28(20)2)33-22(23,24)32-16/h4-5,8-10H,3,6-7H2,1-2H3. The van der Waals surface area contributed by atoms with E-state index >= 15 is 0 Å². The van der Waals surface area contributed by atoms with Crippen LogP contribution in [0.5, 0.6) is 11.5 Å². The third-order valence-corrected chi connectivity index (χ3v) is 8.19. The molecule has 1 aromatic carbocycles. The van der Waals surface area contributed by atoms with E-state index in [1.54, 1.807) is 36.9 Å². The Balaban J connectivity index is 1.59. The predicted octanol–water partition coefficient (Wildman–Crippen LogP) is 3.56. The second-order valence-corrected chi connectivity index (χ2v) is 10.7. The molecule has 9 nitrogen and oxygen atoms in total. The number of alkyl halides is 2. The van der Waals surface area contributed by atoms with Gasteiger partial charge in [-0.25, -0.2) is 17.9 Å². The molecule has 0 atom stereocenters. The molecule has 1 aliphatic heterocycles. The van der Waals surface area contributed by atoms with E-state index in [-0.39, 0.29) is 33.7 Å². The van der Waals surface area contributed by atoms with E-state index in [0.717, 1.165) is 18.4 Å². The first kappa shape index (κ1) is 20.9. The van der Waals surface area contributed by atoms with Crippen LogP contribution in [0.3, 0.4) is 0 Å². The van der Waals surface area contributed by atoms with Crippen LogP contribution < -0.4 is 9.47 Å². The summed E-state index contributed by atoms with van der Waals surface area (Å²) in [4.78, 5) is 4.52. The topological polar surface area (TPSA) is 112 Å². The molecule has 0 amide bonds. The molecule has 0 bridgehead atoms. The lowest BCUT2D eigenvalue weighted by atomic mass is 10.00. The first-order valence-corrected chi connectivity index (χ1v) is 12.2. The number of nitrogens with zero attached hydrogens (tertiary/aromatic N) is 5. The molecule has 1 aliphatic carbocycles. The van der Waals surface area contributed by atoms with Gasteiger partial charge < -0.3 is 14.0 Å². The summed E-state index contributed by atoms with van der Waals surface area (Å²) >= 11 is 0. The van der Waals surface area contributed by atoms with E-state index in [4.69, 9.17) is 0 Å². The molecule has 1 fully saturated rings. The van der Waals surface area contributed by atoms with Crippen molar-refractivity contribution in [2.45, 2.75) is 36.4 Å². The van der Waals surface area contributed by atoms with Gasteiger partial charge in [0.2, 0.25) is 0 Å². The van der Waals surface area contributed by atoms with Gasteiger partial charge in [0.25, 0.3) is 0 Å². The van der Waals surface area contributed by atoms with Crippen molar-refractivity contribution in [3.8, 4) is 29.1 Å². The molecule has 0 saturated heterocycles. The maximum absolute atomic E-state index is 13.5. The second kappa shape index (κ2) is 6.44. The van der Waals surface area contributed by atoms with Gasteiger partial charge in [0.1, 0.15) is 10.6 Å². The number of rotatable bonds is 4. The minimum atomic E-state index is -3.76. The van der Waals surface area contributed by atoms with Crippen LogP contribution in [0, 0.1) is 11.3 Å². The Hall–Kier alpha value is -3.72. The van der Waals surface area contributed by atoms with E-state index in [2.05, 4.69) is 25.6 Å². The summed E-state index contributed by atoms with van der Waals surface area (Å²) in [5.41, 5.74) is 1.46. The Morgan fingerprint density at radius 2 is 1.88 bits per heavy atom. The fraction of sp³-hybridized carbons (Fsp3) is 0.318. The minimum absolute atomic E-state index is 0.0216. The smallest absolute Gasteiger partial charge is 0.395 e. The Labute approximate surface area is 192 Å². The van der Waals surface area contributed by atoms with Crippen LogP contribution >= 0.6 is 0 Å². The van der Waals surface area contributed by atoms with E-state index in [0.29, 0.717) is 16.6 Å². The van der Waals surface area contributed by atoms with Crippen LogP contribution in [0.25, 0.3) is 28.1 Å². The lowest BCUT2D eigenvalue weighted by Gasteiger charge is -2.07. The molecule has 0 radical (unpaired) electrons. The molecule has 0 N–H and O–H groups in total. The molecule has 1 saturated carbocycles. The van der Waals surface area contributed by atoms with Crippen LogP contribution in [-0.4, -0.2) is 39.6 Å². The number of halogens is 2. The van der Waals surface area contributed by atoms with Crippen LogP contribution in [0.1, 0.15) is 25.3 Å². The maximum Gasteiger partial charge on any atom is 0.586 e. The molecule has 2 aliphatic rings. The minimum Gasteiger partial charge on any atom is -0.395 e. The van der Waals surface area contributed by atoms with Crippen molar-refractivity contribution >= 4 is 26.4 Å². The highest BCUT2D eigenvalue weighted by atomic mass is 32.2. The van der Waals surface area contributed by atoms with Gasteiger partial charge in [0, 0.05) is 25.4 Å². The summed E-state index contributed by atoms with van der Waals surface area (Å²) in [6.07, 6.45) is -0.596. The number of ether oxygens (including phenoxy) is 2. The Morgan fingerprint density at radius 3 is 2.53 bits per heavy atom. The monoisotopic (exact) mass is 485 g/mol. The van der Waals surface area contributed by atoms with Crippen molar-refractivity contribution in [2.75, 3.05) is 5.75 Å². The van der Waals surface area contributed by atoms with Gasteiger partial charge in [-0.2, -0.15) is 10.4 Å². The highest BCUT2D eigenvalue weighted by Gasteiger charge is 2.46. The zero-order chi connectivity index (χ0) is 24.0. The predicted molar refractivity (Wildman–Crippen MR) is 115 cm³/mol. The van der Waals surface area contributed by atoms with Crippen molar-refractivity contribution in [3.05, 3.63) is 36.0 Å². The zero-order valence-corrected chi connectivity index (χ0v) is 18.9. The highest BCUT2D eigenvalue weighted by Crippen LogP contribution is 2.48. The SMILES string of the molecule is CCS(=O)(=O)c1c(-c2nc3cc4c(cc3n2C)OC(F)(F)O4)nn2cc(C3(C#N)CC3)ccc12. The lowest BCUT2D eigenvalue weighted by Crippen LogP contribution is -2.25. The Bertz CT molecular complexity index is 1680. The van der Waals surface area contributed by atoms with Crippen molar-refractivity contribution in [2.24, 2.45) is 7.05 Å². The summed E-state index contributed by atoms with van der Waals surface area (Å²) in [6, 6.07) is 8.44. The number of sulfone groups is 1. The molecule has 6 rings (SSSR count).